The van der Waals surface area contributed by atoms with E-state index in [1.165, 1.54) is 23.5 Å². The standard InChI is InChI=1S/C16H18FN5O2S2/c17-12-3-1-11(2-4-12)9-18-15(25)21-20-14(23)13-10-26-16(19-13)22-5-7-24-8-6-22/h1-4,10H,5-9H2,(H,20,23)(H2,18,21,25). The Morgan fingerprint density at radius 2 is 2.00 bits per heavy atom. The van der Waals surface area contributed by atoms with Gasteiger partial charge in [0.15, 0.2) is 10.2 Å². The molecule has 1 aliphatic rings. The van der Waals surface area contributed by atoms with E-state index in [0.29, 0.717) is 25.5 Å². The zero-order chi connectivity index (χ0) is 18.4. The Kier molecular flexibility index (Phi) is 6.31. The number of aromatic nitrogens is 1. The molecule has 0 aliphatic carbocycles. The first-order chi connectivity index (χ1) is 12.6. The lowest BCUT2D eigenvalue weighted by Crippen LogP contribution is -2.46. The minimum atomic E-state index is -0.369. The number of nitrogens with zero attached hydrogens (tertiary/aromatic N) is 2. The van der Waals surface area contributed by atoms with Gasteiger partial charge >= 0.3 is 0 Å². The average Bonchev–Trinajstić information content (AvgIpc) is 3.17. The lowest BCUT2D eigenvalue weighted by molar-refractivity contribution is 0.0939. The molecule has 138 valence electrons. The van der Waals surface area contributed by atoms with Crippen LogP contribution in [0.4, 0.5) is 9.52 Å². The van der Waals surface area contributed by atoms with Gasteiger partial charge in [-0.05, 0) is 29.9 Å². The molecule has 0 saturated carbocycles. The van der Waals surface area contributed by atoms with Crippen LogP contribution in [0.25, 0.3) is 0 Å². The minimum Gasteiger partial charge on any atom is -0.378 e. The van der Waals surface area contributed by atoms with Gasteiger partial charge in [0.2, 0.25) is 0 Å². The Bertz CT molecular complexity index is 762. The van der Waals surface area contributed by atoms with Gasteiger partial charge in [-0.1, -0.05) is 12.1 Å². The molecule has 2 heterocycles. The second kappa shape index (κ2) is 8.88. The largest absolute Gasteiger partial charge is 0.378 e. The number of hydrogen-bond donors (Lipinski definition) is 3. The van der Waals surface area contributed by atoms with Crippen molar-refractivity contribution in [2.45, 2.75) is 6.54 Å². The molecule has 1 amide bonds. The number of benzene rings is 1. The highest BCUT2D eigenvalue weighted by Gasteiger charge is 2.17. The third-order valence-corrected chi connectivity index (χ3v) is 4.81. The van der Waals surface area contributed by atoms with E-state index in [2.05, 4.69) is 26.1 Å². The summed E-state index contributed by atoms with van der Waals surface area (Å²) in [5, 5.41) is 5.69. The Hall–Kier alpha value is -2.30. The Balaban J connectivity index is 1.43. The highest BCUT2D eigenvalue weighted by Crippen LogP contribution is 2.21. The topological polar surface area (TPSA) is 78.5 Å². The van der Waals surface area contributed by atoms with Crippen LogP contribution in [0.3, 0.4) is 0 Å². The summed E-state index contributed by atoms with van der Waals surface area (Å²) in [4.78, 5) is 18.6. The molecule has 0 radical (unpaired) electrons. The number of hydrogen-bond acceptors (Lipinski definition) is 6. The Morgan fingerprint density at radius 1 is 1.27 bits per heavy atom. The summed E-state index contributed by atoms with van der Waals surface area (Å²) in [6.45, 7) is 3.28. The van der Waals surface area contributed by atoms with Crippen LogP contribution in [-0.4, -0.2) is 42.3 Å². The second-order valence-electron chi connectivity index (χ2n) is 5.50. The van der Waals surface area contributed by atoms with Crippen molar-refractivity contribution in [3.8, 4) is 0 Å². The van der Waals surface area contributed by atoms with Crippen molar-refractivity contribution in [1.82, 2.24) is 21.2 Å². The first-order valence-corrected chi connectivity index (χ1v) is 9.27. The third kappa shape index (κ3) is 5.10. The highest BCUT2D eigenvalue weighted by atomic mass is 32.1. The fraction of sp³-hybridized carbons (Fsp3) is 0.312. The number of morpholine rings is 1. The number of hydrazine groups is 1. The number of nitrogens with one attached hydrogen (secondary N) is 3. The number of rotatable bonds is 4. The van der Waals surface area contributed by atoms with Gasteiger partial charge in [-0.25, -0.2) is 9.37 Å². The molecule has 26 heavy (non-hydrogen) atoms. The van der Waals surface area contributed by atoms with E-state index < -0.39 is 0 Å². The fourth-order valence-electron chi connectivity index (χ4n) is 2.27. The Morgan fingerprint density at radius 3 is 2.73 bits per heavy atom. The third-order valence-electron chi connectivity index (χ3n) is 3.66. The van der Waals surface area contributed by atoms with Crippen LogP contribution in [0.2, 0.25) is 0 Å². The normalized spacial score (nSPS) is 14.0. The number of ether oxygens (including phenoxy) is 1. The van der Waals surface area contributed by atoms with Gasteiger partial charge in [-0.3, -0.25) is 15.6 Å². The number of amides is 1. The van der Waals surface area contributed by atoms with E-state index in [1.807, 2.05) is 0 Å². The maximum absolute atomic E-state index is 12.9. The smallest absolute Gasteiger partial charge is 0.289 e. The van der Waals surface area contributed by atoms with Gasteiger partial charge < -0.3 is 15.0 Å². The number of thiazole rings is 1. The van der Waals surface area contributed by atoms with Crippen molar-refractivity contribution in [2.24, 2.45) is 0 Å². The number of thiocarbonyl (C=S) groups is 1. The highest BCUT2D eigenvalue weighted by molar-refractivity contribution is 7.80. The summed E-state index contributed by atoms with van der Waals surface area (Å²) in [6, 6.07) is 6.07. The van der Waals surface area contributed by atoms with E-state index in [4.69, 9.17) is 17.0 Å². The van der Waals surface area contributed by atoms with E-state index in [0.717, 1.165) is 23.8 Å². The molecular formula is C16H18FN5O2S2. The van der Waals surface area contributed by atoms with Crippen LogP contribution in [-0.2, 0) is 11.3 Å². The summed E-state index contributed by atoms with van der Waals surface area (Å²) < 4.78 is 18.2. The first kappa shape index (κ1) is 18.5. The summed E-state index contributed by atoms with van der Waals surface area (Å²) >= 11 is 6.52. The van der Waals surface area contributed by atoms with E-state index in [1.54, 1.807) is 17.5 Å². The lowest BCUT2D eigenvalue weighted by atomic mass is 10.2. The molecule has 0 bridgehead atoms. The molecule has 0 spiro atoms. The molecule has 7 nitrogen and oxygen atoms in total. The molecule has 2 aromatic rings. The van der Waals surface area contributed by atoms with Crippen LogP contribution in [0, 0.1) is 5.82 Å². The van der Waals surface area contributed by atoms with Gasteiger partial charge in [0.05, 0.1) is 13.2 Å². The number of carbonyl (C=O) groups excluding carboxylic acids is 1. The molecule has 1 saturated heterocycles. The molecule has 0 unspecified atom stereocenters. The van der Waals surface area contributed by atoms with Crippen molar-refractivity contribution < 1.29 is 13.9 Å². The van der Waals surface area contributed by atoms with Gasteiger partial charge in [-0.2, -0.15) is 0 Å². The van der Waals surface area contributed by atoms with Crippen molar-refractivity contribution in [3.05, 3.63) is 46.7 Å². The quantitative estimate of drug-likeness (QED) is 0.534. The van der Waals surface area contributed by atoms with Crippen molar-refractivity contribution in [1.29, 1.82) is 0 Å². The molecule has 3 rings (SSSR count). The molecule has 1 fully saturated rings. The maximum atomic E-state index is 12.9. The minimum absolute atomic E-state index is 0.256. The van der Waals surface area contributed by atoms with Crippen LogP contribution in [0.15, 0.2) is 29.6 Å². The number of anilines is 1. The molecule has 1 aromatic heterocycles. The summed E-state index contributed by atoms with van der Waals surface area (Å²) in [6.07, 6.45) is 0. The van der Waals surface area contributed by atoms with Gasteiger partial charge in [-0.15, -0.1) is 11.3 Å². The molecule has 3 N–H and O–H groups in total. The zero-order valence-corrected chi connectivity index (χ0v) is 15.5. The zero-order valence-electron chi connectivity index (χ0n) is 13.8. The Labute approximate surface area is 159 Å². The number of carbonyl (C=O) groups is 1. The molecular weight excluding hydrogens is 377 g/mol. The molecule has 1 aliphatic heterocycles. The summed E-state index contributed by atoms with van der Waals surface area (Å²) in [7, 11) is 0. The second-order valence-corrected chi connectivity index (χ2v) is 6.75. The average molecular weight is 395 g/mol. The predicted octanol–water partition coefficient (Wildman–Crippen LogP) is 1.43. The van der Waals surface area contributed by atoms with E-state index in [9.17, 15) is 9.18 Å². The van der Waals surface area contributed by atoms with E-state index in [-0.39, 0.29) is 16.8 Å². The van der Waals surface area contributed by atoms with Crippen LogP contribution < -0.4 is 21.1 Å². The van der Waals surface area contributed by atoms with Crippen LogP contribution >= 0.6 is 23.6 Å². The van der Waals surface area contributed by atoms with E-state index >= 15 is 0 Å². The first-order valence-electron chi connectivity index (χ1n) is 7.98. The molecule has 0 atom stereocenters. The van der Waals surface area contributed by atoms with Gasteiger partial charge in [0.25, 0.3) is 5.91 Å². The van der Waals surface area contributed by atoms with Crippen molar-refractivity contribution >= 4 is 39.7 Å². The lowest BCUT2D eigenvalue weighted by Gasteiger charge is -2.25. The number of halogens is 1. The summed E-state index contributed by atoms with van der Waals surface area (Å²) in [5.41, 5.74) is 6.33. The summed E-state index contributed by atoms with van der Waals surface area (Å²) in [5.74, 6) is -0.659. The fourth-order valence-corrected chi connectivity index (χ4v) is 3.26. The maximum Gasteiger partial charge on any atom is 0.289 e. The van der Waals surface area contributed by atoms with Gasteiger partial charge in [0.1, 0.15) is 11.5 Å². The monoisotopic (exact) mass is 395 g/mol. The molecule has 10 heteroatoms. The van der Waals surface area contributed by atoms with Crippen molar-refractivity contribution in [3.63, 3.8) is 0 Å². The van der Waals surface area contributed by atoms with Crippen molar-refractivity contribution in [2.75, 3.05) is 31.2 Å². The predicted molar refractivity (Wildman–Crippen MR) is 102 cm³/mol. The van der Waals surface area contributed by atoms with Crippen LogP contribution in [0.1, 0.15) is 16.1 Å². The van der Waals surface area contributed by atoms with Gasteiger partial charge in [0, 0.05) is 25.0 Å². The molecule has 1 aromatic carbocycles. The SMILES string of the molecule is O=C(NNC(=S)NCc1ccc(F)cc1)c1csc(N2CCOCC2)n1. The van der Waals surface area contributed by atoms with Crippen LogP contribution in [0.5, 0.6) is 0 Å².